The van der Waals surface area contributed by atoms with Gasteiger partial charge >= 0.3 is 6.18 Å². The molecule has 88 valence electrons. The fourth-order valence-corrected chi connectivity index (χ4v) is 1.41. The summed E-state index contributed by atoms with van der Waals surface area (Å²) in [5.74, 6) is -1.25. The molecule has 0 saturated heterocycles. The molecule has 0 aliphatic heterocycles. The number of allylic oxidation sites excluding steroid dienone is 1. The van der Waals surface area contributed by atoms with Crippen molar-refractivity contribution in [2.45, 2.75) is 12.6 Å². The molecule has 0 N–H and O–H groups in total. The second-order valence-corrected chi connectivity index (χ2v) is 3.91. The zero-order valence-electron chi connectivity index (χ0n) is 8.19. The van der Waals surface area contributed by atoms with E-state index in [0.29, 0.717) is 12.0 Å². The van der Waals surface area contributed by atoms with Gasteiger partial charge in [-0.15, -0.1) is 0 Å². The van der Waals surface area contributed by atoms with Gasteiger partial charge in [0.15, 0.2) is 0 Å². The third kappa shape index (κ3) is 3.63. The third-order valence-corrected chi connectivity index (χ3v) is 2.34. The number of benzene rings is 1. The smallest absolute Gasteiger partial charge is 0.206 e. The summed E-state index contributed by atoms with van der Waals surface area (Å²) < 4.78 is 49.9. The highest BCUT2D eigenvalue weighted by Crippen LogP contribution is 2.32. The van der Waals surface area contributed by atoms with Gasteiger partial charge in [0.05, 0.1) is 5.56 Å². The molecular weight excluding hydrogens is 288 g/mol. The molecule has 0 atom stereocenters. The molecule has 0 spiro atoms. The Hall–Kier alpha value is -0.840. The van der Waals surface area contributed by atoms with E-state index >= 15 is 0 Å². The molecule has 0 aromatic heterocycles. The van der Waals surface area contributed by atoms with Crippen molar-refractivity contribution in [3.8, 4) is 0 Å². The van der Waals surface area contributed by atoms with E-state index in [-0.39, 0.29) is 0 Å². The van der Waals surface area contributed by atoms with Crippen molar-refractivity contribution in [2.75, 3.05) is 5.33 Å². The molecule has 0 aliphatic carbocycles. The number of rotatable bonds is 3. The summed E-state index contributed by atoms with van der Waals surface area (Å²) in [6.07, 6.45) is -0.680. The van der Waals surface area contributed by atoms with Crippen molar-refractivity contribution < 1.29 is 17.6 Å². The third-order valence-electron chi connectivity index (χ3n) is 1.88. The Balaban J connectivity index is 2.99. The fourth-order valence-electron chi connectivity index (χ4n) is 1.15. The van der Waals surface area contributed by atoms with E-state index in [1.807, 2.05) is 0 Å². The Kier molecular flexibility index (Phi) is 4.53. The first-order chi connectivity index (χ1) is 7.45. The van der Waals surface area contributed by atoms with Crippen molar-refractivity contribution in [2.24, 2.45) is 0 Å². The lowest BCUT2D eigenvalue weighted by atomic mass is 10.1. The maximum Gasteiger partial charge on any atom is 0.419 e. The highest BCUT2D eigenvalue weighted by atomic mass is 79.9. The SMILES string of the molecule is Fc1ccc(C=CCCBr)cc1C(F)(F)F. The quantitative estimate of drug-likeness (QED) is 0.563. The van der Waals surface area contributed by atoms with Gasteiger partial charge in [-0.25, -0.2) is 4.39 Å². The topological polar surface area (TPSA) is 0 Å². The summed E-state index contributed by atoms with van der Waals surface area (Å²) in [6, 6.07) is 2.95. The van der Waals surface area contributed by atoms with Crippen molar-refractivity contribution in [1.29, 1.82) is 0 Å². The summed E-state index contributed by atoms with van der Waals surface area (Å²) in [5.41, 5.74) is -0.886. The Morgan fingerprint density at radius 3 is 2.50 bits per heavy atom. The van der Waals surface area contributed by atoms with Gasteiger partial charge in [-0.2, -0.15) is 13.2 Å². The number of alkyl halides is 4. The number of halogens is 5. The maximum atomic E-state index is 12.9. The highest BCUT2D eigenvalue weighted by Gasteiger charge is 2.33. The lowest BCUT2D eigenvalue weighted by molar-refractivity contribution is -0.140. The molecular formula is C11H9BrF4. The lowest BCUT2D eigenvalue weighted by Gasteiger charge is -2.08. The molecule has 0 amide bonds. The van der Waals surface area contributed by atoms with Gasteiger partial charge in [-0.3, -0.25) is 0 Å². The van der Waals surface area contributed by atoms with E-state index in [2.05, 4.69) is 15.9 Å². The molecule has 0 aliphatic rings. The van der Waals surface area contributed by atoms with Crippen LogP contribution in [0.15, 0.2) is 24.3 Å². The zero-order valence-corrected chi connectivity index (χ0v) is 9.78. The Bertz CT molecular complexity index is 382. The molecule has 0 fully saturated rings. The van der Waals surface area contributed by atoms with E-state index in [1.54, 1.807) is 6.08 Å². The first kappa shape index (κ1) is 13.2. The van der Waals surface area contributed by atoms with Gasteiger partial charge in [0.2, 0.25) is 0 Å². The van der Waals surface area contributed by atoms with Gasteiger partial charge in [-0.05, 0) is 24.1 Å². The van der Waals surface area contributed by atoms with Gasteiger partial charge in [-0.1, -0.05) is 34.1 Å². The van der Waals surface area contributed by atoms with Crippen LogP contribution < -0.4 is 0 Å². The number of hydrogen-bond acceptors (Lipinski definition) is 0. The molecule has 0 radical (unpaired) electrons. The summed E-state index contributed by atoms with van der Waals surface area (Å²) >= 11 is 3.19. The summed E-state index contributed by atoms with van der Waals surface area (Å²) in [5, 5.41) is 0.733. The molecule has 1 aromatic carbocycles. The Morgan fingerprint density at radius 2 is 1.94 bits per heavy atom. The zero-order chi connectivity index (χ0) is 12.2. The minimum atomic E-state index is -4.65. The molecule has 5 heteroatoms. The minimum absolute atomic E-state index is 0.342. The van der Waals surface area contributed by atoms with Gasteiger partial charge < -0.3 is 0 Å². The van der Waals surface area contributed by atoms with E-state index in [0.717, 1.165) is 17.5 Å². The second-order valence-electron chi connectivity index (χ2n) is 3.12. The summed E-state index contributed by atoms with van der Waals surface area (Å²) in [4.78, 5) is 0. The normalized spacial score (nSPS) is 12.3. The molecule has 0 nitrogen and oxygen atoms in total. The van der Waals surface area contributed by atoms with Crippen LogP contribution in [-0.4, -0.2) is 5.33 Å². The molecule has 1 rings (SSSR count). The van der Waals surface area contributed by atoms with Crippen LogP contribution in [0.4, 0.5) is 17.6 Å². The second kappa shape index (κ2) is 5.48. The van der Waals surface area contributed by atoms with E-state index < -0.39 is 17.6 Å². The lowest BCUT2D eigenvalue weighted by Crippen LogP contribution is -2.08. The van der Waals surface area contributed by atoms with Gasteiger partial charge in [0.1, 0.15) is 5.82 Å². The van der Waals surface area contributed by atoms with Crippen molar-refractivity contribution in [3.05, 3.63) is 41.2 Å². The fraction of sp³-hybridized carbons (Fsp3) is 0.273. The van der Waals surface area contributed by atoms with Crippen LogP contribution in [0, 0.1) is 5.82 Å². The molecule has 0 bridgehead atoms. The monoisotopic (exact) mass is 296 g/mol. The minimum Gasteiger partial charge on any atom is -0.206 e. The molecule has 0 saturated carbocycles. The van der Waals surface area contributed by atoms with E-state index in [1.165, 1.54) is 12.1 Å². The van der Waals surface area contributed by atoms with E-state index in [9.17, 15) is 17.6 Å². The summed E-state index contributed by atoms with van der Waals surface area (Å²) in [6.45, 7) is 0. The molecule has 1 aromatic rings. The van der Waals surface area contributed by atoms with Gasteiger partial charge in [0.25, 0.3) is 0 Å². The average molecular weight is 297 g/mol. The standard InChI is InChI=1S/C11H9BrF4/c12-6-2-1-3-8-4-5-10(13)9(7-8)11(14,15)16/h1,3-5,7H,2,6H2. The van der Waals surface area contributed by atoms with Gasteiger partial charge in [0, 0.05) is 5.33 Å². The highest BCUT2D eigenvalue weighted by molar-refractivity contribution is 9.09. The van der Waals surface area contributed by atoms with Crippen LogP contribution in [0.2, 0.25) is 0 Å². The van der Waals surface area contributed by atoms with Crippen molar-refractivity contribution in [1.82, 2.24) is 0 Å². The maximum absolute atomic E-state index is 12.9. The predicted octanol–water partition coefficient (Wildman–Crippen LogP) is 4.64. The Morgan fingerprint density at radius 1 is 1.25 bits per heavy atom. The van der Waals surface area contributed by atoms with Crippen molar-refractivity contribution >= 4 is 22.0 Å². The Labute approximate surface area is 99.1 Å². The molecule has 16 heavy (non-hydrogen) atoms. The van der Waals surface area contributed by atoms with Crippen LogP contribution in [0.5, 0.6) is 0 Å². The molecule has 0 heterocycles. The van der Waals surface area contributed by atoms with Crippen LogP contribution >= 0.6 is 15.9 Å². The van der Waals surface area contributed by atoms with Crippen molar-refractivity contribution in [3.63, 3.8) is 0 Å². The average Bonchev–Trinajstić information content (AvgIpc) is 2.19. The first-order valence-electron chi connectivity index (χ1n) is 4.54. The molecule has 0 unspecified atom stereocenters. The van der Waals surface area contributed by atoms with E-state index in [4.69, 9.17) is 0 Å². The van der Waals surface area contributed by atoms with Crippen LogP contribution in [0.1, 0.15) is 17.5 Å². The summed E-state index contributed by atoms with van der Waals surface area (Å²) in [7, 11) is 0. The largest absolute Gasteiger partial charge is 0.419 e. The van der Waals surface area contributed by atoms with Crippen LogP contribution in [0.3, 0.4) is 0 Å². The predicted molar refractivity (Wildman–Crippen MR) is 58.8 cm³/mol. The van der Waals surface area contributed by atoms with Crippen LogP contribution in [-0.2, 0) is 6.18 Å². The van der Waals surface area contributed by atoms with Crippen LogP contribution in [0.25, 0.3) is 6.08 Å². The number of hydrogen-bond donors (Lipinski definition) is 0. The first-order valence-corrected chi connectivity index (χ1v) is 5.66.